The van der Waals surface area contributed by atoms with E-state index in [0.29, 0.717) is 11.3 Å². The van der Waals surface area contributed by atoms with Crippen molar-refractivity contribution in [3.63, 3.8) is 0 Å². The Balaban J connectivity index is 1.77. The van der Waals surface area contributed by atoms with Crippen LogP contribution in [0.2, 0.25) is 0 Å². The number of aryl methyl sites for hydroxylation is 1. The summed E-state index contributed by atoms with van der Waals surface area (Å²) in [5, 5.41) is 0. The smallest absolute Gasteiger partial charge is 0.263 e. The Labute approximate surface area is 155 Å². The van der Waals surface area contributed by atoms with Crippen molar-refractivity contribution in [2.45, 2.75) is 20.0 Å². The number of benzene rings is 2. The van der Waals surface area contributed by atoms with Gasteiger partial charge in [-0.1, -0.05) is 18.2 Å². The number of nitrogens with two attached hydrogens (primary N) is 1. The third kappa shape index (κ3) is 4.47. The number of amides is 1. The summed E-state index contributed by atoms with van der Waals surface area (Å²) in [4.78, 5) is 15.7. The number of ether oxygens (including phenoxy) is 1. The highest BCUT2D eigenvalue weighted by Gasteiger charge is 2.09. The number of pyridine rings is 1. The average molecular weight is 368 g/mol. The first-order valence-corrected chi connectivity index (χ1v) is 8.30. The summed E-state index contributed by atoms with van der Waals surface area (Å²) in [6, 6.07) is 14.8. The lowest BCUT2D eigenvalue weighted by molar-refractivity contribution is 0.0999. The van der Waals surface area contributed by atoms with Crippen LogP contribution in [0.5, 0.6) is 5.75 Å². The van der Waals surface area contributed by atoms with Crippen LogP contribution in [-0.4, -0.2) is 10.9 Å². The maximum atomic E-state index is 12.8. The molecule has 2 aromatic carbocycles. The van der Waals surface area contributed by atoms with Crippen LogP contribution in [0.4, 0.5) is 8.78 Å². The molecule has 2 N–H and O–H groups in total. The van der Waals surface area contributed by atoms with E-state index in [9.17, 15) is 13.6 Å². The molecule has 0 saturated carbocycles. The summed E-state index contributed by atoms with van der Waals surface area (Å²) in [6.45, 7) is 2.03. The minimum absolute atomic E-state index is 0.0760. The summed E-state index contributed by atoms with van der Waals surface area (Å²) < 4.78 is 31.2. The van der Waals surface area contributed by atoms with Crippen molar-refractivity contribution in [2.24, 2.45) is 5.73 Å². The standard InChI is InChI=1S/C21H18F2N2O2/c1-13-9-15(5-6-18(13)21(24)26)19-10-14(7-8-25-19)12-27-17-4-2-3-16(11-17)20(22)23/h2-11,20H,12H2,1H3,(H2,24,26). The fraction of sp³-hybridized carbons (Fsp3) is 0.143. The van der Waals surface area contributed by atoms with Gasteiger partial charge in [0.05, 0.1) is 5.69 Å². The van der Waals surface area contributed by atoms with Crippen molar-refractivity contribution < 1.29 is 18.3 Å². The molecule has 0 radical (unpaired) electrons. The van der Waals surface area contributed by atoms with Crippen LogP contribution in [0.1, 0.15) is 33.5 Å². The van der Waals surface area contributed by atoms with Gasteiger partial charge in [0.25, 0.3) is 6.43 Å². The van der Waals surface area contributed by atoms with Gasteiger partial charge in [-0.25, -0.2) is 8.78 Å². The van der Waals surface area contributed by atoms with E-state index in [1.165, 1.54) is 18.2 Å². The van der Waals surface area contributed by atoms with Crippen LogP contribution in [0.15, 0.2) is 60.8 Å². The summed E-state index contributed by atoms with van der Waals surface area (Å²) >= 11 is 0. The normalized spacial score (nSPS) is 10.8. The highest BCUT2D eigenvalue weighted by molar-refractivity contribution is 5.94. The highest BCUT2D eigenvalue weighted by Crippen LogP contribution is 2.25. The van der Waals surface area contributed by atoms with Gasteiger partial charge in [-0.3, -0.25) is 9.78 Å². The van der Waals surface area contributed by atoms with E-state index in [-0.39, 0.29) is 12.2 Å². The molecule has 0 unspecified atom stereocenters. The number of alkyl halides is 2. The van der Waals surface area contributed by atoms with Crippen molar-refractivity contribution in [1.82, 2.24) is 4.98 Å². The van der Waals surface area contributed by atoms with Gasteiger partial charge in [0.15, 0.2) is 0 Å². The van der Waals surface area contributed by atoms with Gasteiger partial charge in [0.1, 0.15) is 12.4 Å². The zero-order valence-electron chi connectivity index (χ0n) is 14.7. The number of carbonyl (C=O) groups is 1. The number of aromatic nitrogens is 1. The lowest BCUT2D eigenvalue weighted by Crippen LogP contribution is -2.12. The molecule has 3 aromatic rings. The van der Waals surface area contributed by atoms with Gasteiger partial charge in [-0.15, -0.1) is 0 Å². The van der Waals surface area contributed by atoms with Gasteiger partial charge in [0, 0.05) is 22.9 Å². The third-order valence-corrected chi connectivity index (χ3v) is 4.13. The second kappa shape index (κ2) is 7.95. The summed E-state index contributed by atoms with van der Waals surface area (Å²) in [5.41, 5.74) is 8.91. The van der Waals surface area contributed by atoms with E-state index in [4.69, 9.17) is 10.5 Å². The Morgan fingerprint density at radius 1 is 1.15 bits per heavy atom. The monoisotopic (exact) mass is 368 g/mol. The Bertz CT molecular complexity index is 974. The van der Waals surface area contributed by atoms with Gasteiger partial charge < -0.3 is 10.5 Å². The number of halogens is 2. The van der Waals surface area contributed by atoms with E-state index >= 15 is 0 Å². The number of hydrogen-bond donors (Lipinski definition) is 1. The second-order valence-corrected chi connectivity index (χ2v) is 6.11. The quantitative estimate of drug-likeness (QED) is 0.687. The number of nitrogens with zero attached hydrogens (tertiary/aromatic N) is 1. The minimum atomic E-state index is -2.53. The van der Waals surface area contributed by atoms with Gasteiger partial charge in [-0.05, 0) is 54.4 Å². The molecule has 1 amide bonds. The SMILES string of the molecule is Cc1cc(-c2cc(COc3cccc(C(F)F)c3)ccn2)ccc1C(N)=O. The maximum Gasteiger partial charge on any atom is 0.263 e. The fourth-order valence-electron chi connectivity index (χ4n) is 2.73. The van der Waals surface area contributed by atoms with Crippen LogP contribution in [-0.2, 0) is 6.61 Å². The molecule has 0 aliphatic heterocycles. The van der Waals surface area contributed by atoms with Gasteiger partial charge >= 0.3 is 0 Å². The molecule has 1 aromatic heterocycles. The van der Waals surface area contributed by atoms with Crippen molar-refractivity contribution in [1.29, 1.82) is 0 Å². The molecule has 1 heterocycles. The lowest BCUT2D eigenvalue weighted by Gasteiger charge is -2.10. The molecule has 0 fully saturated rings. The lowest BCUT2D eigenvalue weighted by atomic mass is 10.0. The largest absolute Gasteiger partial charge is 0.489 e. The van der Waals surface area contributed by atoms with Crippen LogP contribution in [0.3, 0.4) is 0 Å². The van der Waals surface area contributed by atoms with Crippen LogP contribution in [0.25, 0.3) is 11.3 Å². The van der Waals surface area contributed by atoms with Crippen LogP contribution in [0, 0.1) is 6.92 Å². The molecule has 138 valence electrons. The number of carbonyl (C=O) groups excluding carboxylic acids is 1. The molecule has 4 nitrogen and oxygen atoms in total. The number of rotatable bonds is 6. The number of hydrogen-bond acceptors (Lipinski definition) is 3. The molecule has 6 heteroatoms. The van der Waals surface area contributed by atoms with Crippen molar-refractivity contribution in [2.75, 3.05) is 0 Å². The fourth-order valence-corrected chi connectivity index (χ4v) is 2.73. The van der Waals surface area contributed by atoms with Crippen molar-refractivity contribution >= 4 is 5.91 Å². The van der Waals surface area contributed by atoms with Crippen molar-refractivity contribution in [3.05, 3.63) is 83.0 Å². The van der Waals surface area contributed by atoms with Crippen LogP contribution < -0.4 is 10.5 Å². The highest BCUT2D eigenvalue weighted by atomic mass is 19.3. The minimum Gasteiger partial charge on any atom is -0.489 e. The molecule has 0 aliphatic rings. The Hall–Kier alpha value is -3.28. The Morgan fingerprint density at radius 2 is 1.96 bits per heavy atom. The van der Waals surface area contributed by atoms with E-state index in [2.05, 4.69) is 4.98 Å². The predicted molar refractivity (Wildman–Crippen MR) is 98.7 cm³/mol. The molecule has 0 saturated heterocycles. The Kier molecular flexibility index (Phi) is 5.45. The van der Waals surface area contributed by atoms with E-state index in [1.807, 2.05) is 19.1 Å². The zero-order chi connectivity index (χ0) is 19.4. The third-order valence-electron chi connectivity index (χ3n) is 4.13. The molecule has 0 bridgehead atoms. The topological polar surface area (TPSA) is 65.2 Å². The van der Waals surface area contributed by atoms with E-state index < -0.39 is 12.3 Å². The average Bonchev–Trinajstić information content (AvgIpc) is 2.66. The summed E-state index contributed by atoms with van der Waals surface area (Å²) in [6.07, 6.45) is -0.881. The first-order valence-electron chi connectivity index (χ1n) is 8.30. The number of primary amides is 1. The first-order chi connectivity index (χ1) is 12.9. The molecule has 27 heavy (non-hydrogen) atoms. The van der Waals surface area contributed by atoms with E-state index in [1.54, 1.807) is 30.5 Å². The summed E-state index contributed by atoms with van der Waals surface area (Å²) in [7, 11) is 0. The molecule has 3 rings (SSSR count). The Morgan fingerprint density at radius 3 is 2.67 bits per heavy atom. The maximum absolute atomic E-state index is 12.8. The van der Waals surface area contributed by atoms with Crippen molar-refractivity contribution in [3.8, 4) is 17.0 Å². The van der Waals surface area contributed by atoms with Gasteiger partial charge in [0.2, 0.25) is 5.91 Å². The molecular weight excluding hydrogens is 350 g/mol. The second-order valence-electron chi connectivity index (χ2n) is 6.11. The molecule has 0 aliphatic carbocycles. The molecular formula is C21H18F2N2O2. The van der Waals surface area contributed by atoms with Gasteiger partial charge in [-0.2, -0.15) is 0 Å². The molecule has 0 spiro atoms. The van der Waals surface area contributed by atoms with E-state index in [0.717, 1.165) is 22.4 Å². The van der Waals surface area contributed by atoms with Crippen LogP contribution >= 0.6 is 0 Å². The first kappa shape index (κ1) is 18.5. The predicted octanol–water partition coefficient (Wildman–Crippen LogP) is 4.67. The molecule has 0 atom stereocenters. The zero-order valence-corrected chi connectivity index (χ0v) is 14.7. The summed E-state index contributed by atoms with van der Waals surface area (Å²) in [5.74, 6) is -0.0898.